The number of benzene rings is 1. The molecule has 2 heterocycles. The summed E-state index contributed by atoms with van der Waals surface area (Å²) in [5, 5.41) is 2.88. The summed E-state index contributed by atoms with van der Waals surface area (Å²) in [6.07, 6.45) is 1.44. The zero-order valence-electron chi connectivity index (χ0n) is 13.2. The molecule has 0 aliphatic heterocycles. The van der Waals surface area contributed by atoms with Crippen molar-refractivity contribution in [2.75, 3.05) is 0 Å². The second-order valence-corrected chi connectivity index (χ2v) is 5.70. The van der Waals surface area contributed by atoms with Crippen LogP contribution in [0.2, 0.25) is 0 Å². The smallest absolute Gasteiger partial charge is 0.273 e. The van der Waals surface area contributed by atoms with Gasteiger partial charge in [0, 0.05) is 17.8 Å². The average molecular weight is 315 g/mol. The number of ether oxygens (including phenoxy) is 1. The lowest BCUT2D eigenvalue weighted by atomic mass is 10.1. The fourth-order valence-corrected chi connectivity index (χ4v) is 2.53. The fraction of sp³-hybridized carbons (Fsp3) is 0.294. The van der Waals surface area contributed by atoms with Crippen LogP contribution in [0.5, 0.6) is 0 Å². The van der Waals surface area contributed by atoms with Gasteiger partial charge in [0.05, 0.1) is 17.9 Å². The van der Waals surface area contributed by atoms with E-state index in [9.17, 15) is 9.18 Å². The Morgan fingerprint density at radius 3 is 2.57 bits per heavy atom. The average Bonchev–Trinajstić information content (AvgIpc) is 2.92. The van der Waals surface area contributed by atoms with Crippen LogP contribution in [-0.2, 0) is 4.74 Å². The number of nitrogens with one attached hydrogen (secondary N) is 1. The van der Waals surface area contributed by atoms with E-state index in [1.54, 1.807) is 18.3 Å². The quantitative estimate of drug-likeness (QED) is 0.803. The Labute approximate surface area is 132 Å². The molecule has 0 amide bonds. The molecule has 0 spiro atoms. The highest BCUT2D eigenvalue weighted by molar-refractivity contribution is 5.76. The minimum atomic E-state index is -0.307. The van der Waals surface area contributed by atoms with E-state index in [1.165, 1.54) is 22.7 Å². The van der Waals surface area contributed by atoms with Gasteiger partial charge in [0.1, 0.15) is 5.82 Å². The summed E-state index contributed by atoms with van der Waals surface area (Å²) in [6, 6.07) is 7.54. The van der Waals surface area contributed by atoms with Crippen LogP contribution in [-0.4, -0.2) is 20.7 Å². The van der Waals surface area contributed by atoms with E-state index in [2.05, 4.69) is 10.1 Å². The zero-order valence-corrected chi connectivity index (χ0v) is 13.2. The maximum absolute atomic E-state index is 13.1. The second kappa shape index (κ2) is 5.96. The van der Waals surface area contributed by atoms with Gasteiger partial charge >= 0.3 is 0 Å². The van der Waals surface area contributed by atoms with Gasteiger partial charge in [0.15, 0.2) is 5.65 Å². The molecule has 0 aliphatic carbocycles. The first-order chi connectivity index (χ1) is 11.0. The largest absolute Gasteiger partial charge is 0.370 e. The van der Waals surface area contributed by atoms with Crippen molar-refractivity contribution in [1.29, 1.82) is 0 Å². The third-order valence-corrected chi connectivity index (χ3v) is 3.57. The van der Waals surface area contributed by atoms with Crippen LogP contribution in [0, 0.1) is 5.82 Å². The second-order valence-electron chi connectivity index (χ2n) is 5.70. The normalized spacial score (nSPS) is 12.9. The minimum absolute atomic E-state index is 0.0352. The highest BCUT2D eigenvalue weighted by Crippen LogP contribution is 2.24. The molecule has 0 bridgehead atoms. The molecule has 1 unspecified atom stereocenters. The molecule has 1 atom stereocenters. The molecule has 1 N–H and O–H groups in total. The Hall–Kier alpha value is -2.47. The van der Waals surface area contributed by atoms with Crippen LogP contribution in [0.15, 0.2) is 41.3 Å². The van der Waals surface area contributed by atoms with Gasteiger partial charge < -0.3 is 4.74 Å². The molecule has 0 radical (unpaired) electrons. The number of aromatic nitrogens is 3. The topological polar surface area (TPSA) is 59.4 Å². The Kier molecular flexibility index (Phi) is 4.00. The van der Waals surface area contributed by atoms with Crippen molar-refractivity contribution in [2.24, 2.45) is 0 Å². The summed E-state index contributed by atoms with van der Waals surface area (Å²) in [6.45, 7) is 5.73. The maximum Gasteiger partial charge on any atom is 0.273 e. The number of rotatable bonds is 4. The number of fused-ring (bicyclic) bond motifs is 1. The van der Waals surface area contributed by atoms with E-state index in [4.69, 9.17) is 4.74 Å². The van der Waals surface area contributed by atoms with Crippen molar-refractivity contribution in [3.8, 4) is 11.1 Å². The van der Waals surface area contributed by atoms with Gasteiger partial charge in [-0.15, -0.1) is 0 Å². The number of H-pyrrole nitrogens is 1. The van der Waals surface area contributed by atoms with Gasteiger partial charge in [-0.25, -0.2) is 13.9 Å². The van der Waals surface area contributed by atoms with Crippen LogP contribution < -0.4 is 5.56 Å². The summed E-state index contributed by atoms with van der Waals surface area (Å²) >= 11 is 0. The zero-order chi connectivity index (χ0) is 16.6. The first kappa shape index (κ1) is 15.4. The molecule has 120 valence electrons. The van der Waals surface area contributed by atoms with Crippen LogP contribution in [0.25, 0.3) is 16.8 Å². The highest BCUT2D eigenvalue weighted by atomic mass is 19.1. The maximum atomic E-state index is 13.1. The Morgan fingerprint density at radius 1 is 1.22 bits per heavy atom. The molecule has 0 saturated heterocycles. The lowest BCUT2D eigenvalue weighted by Gasteiger charge is -2.15. The van der Waals surface area contributed by atoms with Gasteiger partial charge in [-0.1, -0.05) is 12.1 Å². The Morgan fingerprint density at radius 2 is 1.91 bits per heavy atom. The molecule has 0 fully saturated rings. The van der Waals surface area contributed by atoms with Crippen molar-refractivity contribution < 1.29 is 9.13 Å². The Balaban J connectivity index is 2.12. The van der Waals surface area contributed by atoms with Crippen molar-refractivity contribution in [3.63, 3.8) is 0 Å². The van der Waals surface area contributed by atoms with E-state index < -0.39 is 0 Å². The number of hydrogen-bond acceptors (Lipinski definition) is 3. The molecule has 3 rings (SSSR count). The van der Waals surface area contributed by atoms with Crippen LogP contribution in [0.4, 0.5) is 4.39 Å². The molecule has 23 heavy (non-hydrogen) atoms. The van der Waals surface area contributed by atoms with E-state index in [-0.39, 0.29) is 23.6 Å². The van der Waals surface area contributed by atoms with Crippen molar-refractivity contribution in [3.05, 3.63) is 58.4 Å². The summed E-state index contributed by atoms with van der Waals surface area (Å²) in [5.41, 5.74) is 2.38. The predicted octanol–water partition coefficient (Wildman–Crippen LogP) is 3.31. The lowest BCUT2D eigenvalue weighted by Crippen LogP contribution is -2.18. The number of hydrogen-bond donors (Lipinski definition) is 1. The van der Waals surface area contributed by atoms with Gasteiger partial charge in [0.25, 0.3) is 5.56 Å². The third-order valence-electron chi connectivity index (χ3n) is 3.57. The minimum Gasteiger partial charge on any atom is -0.370 e. The number of halogens is 1. The van der Waals surface area contributed by atoms with Crippen molar-refractivity contribution in [1.82, 2.24) is 14.6 Å². The molecule has 2 aromatic heterocycles. The first-order valence-corrected chi connectivity index (χ1v) is 7.48. The first-order valence-electron chi connectivity index (χ1n) is 7.48. The fourth-order valence-electron chi connectivity index (χ4n) is 2.53. The van der Waals surface area contributed by atoms with E-state index in [0.717, 1.165) is 11.1 Å². The number of nitrogens with zero attached hydrogens (tertiary/aromatic N) is 2. The molecule has 1 aromatic carbocycles. The van der Waals surface area contributed by atoms with Gasteiger partial charge in [-0.2, -0.15) is 0 Å². The molecule has 5 nitrogen and oxygen atoms in total. The molecule has 3 aromatic rings. The van der Waals surface area contributed by atoms with Gasteiger partial charge in [-0.05, 0) is 38.5 Å². The van der Waals surface area contributed by atoms with E-state index >= 15 is 0 Å². The SMILES string of the molecule is CC(C)OC(C)c1cc(=O)n2[nH]cc(-c3ccc(F)cc3)c2n1. The van der Waals surface area contributed by atoms with Crippen LogP contribution in [0.1, 0.15) is 32.6 Å². The molecular formula is C17H18FN3O2. The van der Waals surface area contributed by atoms with Crippen molar-refractivity contribution >= 4 is 5.65 Å². The standard InChI is InChI=1S/C17H18FN3O2/c1-10(2)23-11(3)15-8-16(22)21-17(20-15)14(9-19-21)12-4-6-13(18)7-5-12/h4-11,19H,1-3H3. The monoisotopic (exact) mass is 315 g/mol. The summed E-state index contributed by atoms with van der Waals surface area (Å²) in [7, 11) is 0. The molecular weight excluding hydrogens is 297 g/mol. The number of aromatic amines is 1. The van der Waals surface area contributed by atoms with E-state index in [0.29, 0.717) is 11.3 Å². The Bertz CT molecular complexity index is 881. The van der Waals surface area contributed by atoms with E-state index in [1.807, 2.05) is 20.8 Å². The summed E-state index contributed by atoms with van der Waals surface area (Å²) in [4.78, 5) is 16.8. The lowest BCUT2D eigenvalue weighted by molar-refractivity contribution is 0.0155. The van der Waals surface area contributed by atoms with Crippen LogP contribution >= 0.6 is 0 Å². The van der Waals surface area contributed by atoms with Crippen molar-refractivity contribution in [2.45, 2.75) is 33.0 Å². The van der Waals surface area contributed by atoms with Crippen LogP contribution in [0.3, 0.4) is 0 Å². The molecule has 0 aliphatic rings. The molecule has 0 saturated carbocycles. The van der Waals surface area contributed by atoms with Gasteiger partial charge in [0.2, 0.25) is 0 Å². The predicted molar refractivity (Wildman–Crippen MR) is 85.8 cm³/mol. The molecule has 6 heteroatoms. The highest BCUT2D eigenvalue weighted by Gasteiger charge is 2.15. The summed E-state index contributed by atoms with van der Waals surface area (Å²) < 4.78 is 20.2. The summed E-state index contributed by atoms with van der Waals surface area (Å²) in [5.74, 6) is -0.307. The van der Waals surface area contributed by atoms with Gasteiger partial charge in [-0.3, -0.25) is 9.89 Å². The third kappa shape index (κ3) is 3.03.